The minimum absolute atomic E-state index is 0.208. The molecule has 27 heavy (non-hydrogen) atoms. The minimum atomic E-state index is -4.61. The zero-order valence-corrected chi connectivity index (χ0v) is 14.2. The molecule has 2 N–H and O–H groups in total. The van der Waals surface area contributed by atoms with Gasteiger partial charge in [0.25, 0.3) is 5.95 Å². The Balaban J connectivity index is 2.34. The van der Waals surface area contributed by atoms with E-state index in [0.29, 0.717) is 16.3 Å². The molecule has 6 nitrogen and oxygen atoms in total. The van der Waals surface area contributed by atoms with Crippen molar-refractivity contribution >= 4 is 10.0 Å². The monoisotopic (exact) mass is 404 g/mol. The molecule has 0 aliphatic rings. The Bertz CT molecular complexity index is 1180. The molecule has 3 aromatic rings. The number of aryl methyl sites for hydroxylation is 1. The molecule has 0 saturated heterocycles. The Kier molecular flexibility index (Phi) is 4.48. The van der Waals surface area contributed by atoms with E-state index in [-0.39, 0.29) is 6.07 Å². The number of sulfonamides is 1. The highest BCUT2D eigenvalue weighted by Crippen LogP contribution is 2.32. The van der Waals surface area contributed by atoms with Crippen molar-refractivity contribution in [3.05, 3.63) is 59.3 Å². The van der Waals surface area contributed by atoms with E-state index in [1.807, 2.05) is 0 Å². The zero-order chi connectivity index (χ0) is 20.1. The molecule has 0 fully saturated rings. The van der Waals surface area contributed by atoms with Gasteiger partial charge in [-0.05, 0) is 30.7 Å². The van der Waals surface area contributed by atoms with Crippen LogP contribution < -0.4 is 5.14 Å². The van der Waals surface area contributed by atoms with Gasteiger partial charge in [-0.2, -0.15) is 13.2 Å². The summed E-state index contributed by atoms with van der Waals surface area (Å²) in [6, 6.07) is 1.64. The molecule has 1 aromatic carbocycles. The van der Waals surface area contributed by atoms with Gasteiger partial charge in [-0.1, -0.05) is 0 Å². The van der Waals surface area contributed by atoms with Gasteiger partial charge in [0.1, 0.15) is 27.9 Å². The molecule has 3 rings (SSSR count). The summed E-state index contributed by atoms with van der Waals surface area (Å²) in [5.74, 6) is -7.53. The van der Waals surface area contributed by atoms with Crippen molar-refractivity contribution in [1.82, 2.24) is 14.8 Å². The van der Waals surface area contributed by atoms with Crippen LogP contribution in [0, 0.1) is 36.3 Å². The van der Waals surface area contributed by atoms with Crippen LogP contribution in [0.4, 0.5) is 22.0 Å². The predicted molar refractivity (Wildman–Crippen MR) is 82.7 cm³/mol. The maximum atomic E-state index is 14.4. The van der Waals surface area contributed by atoms with E-state index in [1.165, 1.54) is 6.92 Å². The molecular weight excluding hydrogens is 395 g/mol. The summed E-state index contributed by atoms with van der Waals surface area (Å²) in [4.78, 5) is 2.20. The average molecular weight is 404 g/mol. The molecule has 0 radical (unpaired) electrons. The van der Waals surface area contributed by atoms with Crippen LogP contribution in [0.5, 0.6) is 0 Å². The van der Waals surface area contributed by atoms with E-state index < -0.39 is 61.2 Å². The molecule has 0 aliphatic heterocycles. The van der Waals surface area contributed by atoms with E-state index in [1.54, 1.807) is 0 Å². The van der Waals surface area contributed by atoms with Gasteiger partial charge in [0, 0.05) is 11.8 Å². The number of primary sulfonamides is 1. The molecule has 0 saturated carbocycles. The number of pyridine rings is 1. The third kappa shape index (κ3) is 3.28. The summed E-state index contributed by atoms with van der Waals surface area (Å²) in [5.41, 5.74) is -1.99. The fourth-order valence-corrected chi connectivity index (χ4v) is 2.99. The van der Waals surface area contributed by atoms with Gasteiger partial charge in [0.2, 0.25) is 21.8 Å². The van der Waals surface area contributed by atoms with Crippen LogP contribution in [-0.2, 0) is 10.0 Å². The molecular formula is C15H9F5N4O2S. The average Bonchev–Trinajstić information content (AvgIpc) is 2.86. The van der Waals surface area contributed by atoms with E-state index in [2.05, 4.69) is 10.1 Å². The lowest BCUT2D eigenvalue weighted by Crippen LogP contribution is -2.15. The molecule has 0 spiro atoms. The van der Waals surface area contributed by atoms with Crippen LogP contribution in [-0.4, -0.2) is 23.2 Å². The van der Waals surface area contributed by atoms with Gasteiger partial charge in [-0.3, -0.25) is 0 Å². The van der Waals surface area contributed by atoms with Crippen LogP contribution in [0.25, 0.3) is 16.9 Å². The van der Waals surface area contributed by atoms with Gasteiger partial charge < -0.3 is 0 Å². The van der Waals surface area contributed by atoms with E-state index in [4.69, 9.17) is 5.14 Å². The van der Waals surface area contributed by atoms with Gasteiger partial charge in [0.05, 0.1) is 0 Å². The Morgan fingerprint density at radius 3 is 2.30 bits per heavy atom. The maximum absolute atomic E-state index is 14.4. The minimum Gasteiger partial charge on any atom is -0.226 e. The third-order valence-corrected chi connectivity index (χ3v) is 4.48. The predicted octanol–water partition coefficient (Wildman–Crippen LogP) is 2.59. The Hall–Kier alpha value is -2.86. The molecule has 2 heterocycles. The lowest BCUT2D eigenvalue weighted by molar-refractivity contribution is 0.487. The SMILES string of the molecule is Cc1cnc(F)c(-n2nc(F)c(F)c2-c2cc(F)c(S(N)(=O)=O)cc2F)c1. The Morgan fingerprint density at radius 1 is 1.00 bits per heavy atom. The van der Waals surface area contributed by atoms with Crippen molar-refractivity contribution in [1.29, 1.82) is 0 Å². The van der Waals surface area contributed by atoms with Gasteiger partial charge >= 0.3 is 0 Å². The summed E-state index contributed by atoms with van der Waals surface area (Å²) in [6.45, 7) is 1.51. The number of nitrogens with zero attached hydrogens (tertiary/aromatic N) is 3. The van der Waals surface area contributed by atoms with Crippen molar-refractivity contribution < 1.29 is 30.4 Å². The quantitative estimate of drug-likeness (QED) is 0.537. The smallest absolute Gasteiger partial charge is 0.226 e. The number of hydrogen-bond donors (Lipinski definition) is 1. The largest absolute Gasteiger partial charge is 0.269 e. The number of benzene rings is 1. The zero-order valence-electron chi connectivity index (χ0n) is 13.3. The lowest BCUT2D eigenvalue weighted by atomic mass is 10.1. The van der Waals surface area contributed by atoms with Crippen molar-refractivity contribution in [3.63, 3.8) is 0 Å². The first-order chi connectivity index (χ1) is 12.5. The molecule has 12 heteroatoms. The summed E-state index contributed by atoms with van der Waals surface area (Å²) in [7, 11) is -4.61. The first kappa shape index (κ1) is 18.9. The van der Waals surface area contributed by atoms with E-state index in [9.17, 15) is 30.4 Å². The topological polar surface area (TPSA) is 90.9 Å². The summed E-state index contributed by atoms with van der Waals surface area (Å²) in [6.07, 6.45) is 1.13. The second-order valence-electron chi connectivity index (χ2n) is 5.50. The van der Waals surface area contributed by atoms with E-state index in [0.717, 1.165) is 12.3 Å². The van der Waals surface area contributed by atoms with Crippen molar-refractivity contribution in [2.45, 2.75) is 11.8 Å². The Labute approximate surface area is 149 Å². The third-order valence-electron chi connectivity index (χ3n) is 3.56. The lowest BCUT2D eigenvalue weighted by Gasteiger charge is -2.11. The van der Waals surface area contributed by atoms with Crippen LogP contribution in [0.15, 0.2) is 29.3 Å². The molecule has 2 aromatic heterocycles. The van der Waals surface area contributed by atoms with E-state index >= 15 is 0 Å². The van der Waals surface area contributed by atoms with Crippen molar-refractivity contribution in [2.24, 2.45) is 5.14 Å². The highest BCUT2D eigenvalue weighted by atomic mass is 32.2. The molecule has 142 valence electrons. The van der Waals surface area contributed by atoms with Gasteiger partial charge in [0.15, 0.2) is 0 Å². The van der Waals surface area contributed by atoms with Crippen molar-refractivity contribution in [2.75, 3.05) is 0 Å². The summed E-state index contributed by atoms with van der Waals surface area (Å²) >= 11 is 0. The molecule has 0 bridgehead atoms. The van der Waals surface area contributed by atoms with Crippen LogP contribution in [0.3, 0.4) is 0 Å². The molecule has 0 amide bonds. The molecule has 0 unspecified atom stereocenters. The summed E-state index contributed by atoms with van der Waals surface area (Å²) < 4.78 is 93.3. The summed E-state index contributed by atoms with van der Waals surface area (Å²) in [5, 5.41) is 7.93. The highest BCUT2D eigenvalue weighted by Gasteiger charge is 2.27. The second kappa shape index (κ2) is 6.39. The van der Waals surface area contributed by atoms with Gasteiger partial charge in [-0.15, -0.1) is 5.10 Å². The normalized spacial score (nSPS) is 11.8. The molecule has 0 atom stereocenters. The first-order valence-corrected chi connectivity index (χ1v) is 8.64. The fraction of sp³-hybridized carbons (Fsp3) is 0.0667. The van der Waals surface area contributed by atoms with Crippen LogP contribution in [0.2, 0.25) is 0 Å². The standard InChI is InChI=1S/C15H9F5N4O2S/c1-6-2-10(14(19)22-5-6)24-13(12(18)15(20)23-24)7-3-9(17)11(4-8(7)16)27(21,25)26/h2-5H,1H3,(H2,21,25,26). The number of hydrogen-bond acceptors (Lipinski definition) is 4. The fourth-order valence-electron chi connectivity index (χ4n) is 2.39. The van der Waals surface area contributed by atoms with Gasteiger partial charge in [-0.25, -0.2) is 32.0 Å². The van der Waals surface area contributed by atoms with Crippen LogP contribution >= 0.6 is 0 Å². The number of rotatable bonds is 3. The van der Waals surface area contributed by atoms with Crippen LogP contribution in [0.1, 0.15) is 5.56 Å². The Morgan fingerprint density at radius 2 is 1.67 bits per heavy atom. The first-order valence-electron chi connectivity index (χ1n) is 7.09. The number of nitrogens with two attached hydrogens (primary N) is 1. The highest BCUT2D eigenvalue weighted by molar-refractivity contribution is 7.89. The number of halogens is 5. The molecule has 0 aliphatic carbocycles. The second-order valence-corrected chi connectivity index (χ2v) is 7.03. The number of aromatic nitrogens is 3. The maximum Gasteiger partial charge on any atom is 0.269 e. The van der Waals surface area contributed by atoms with Crippen molar-refractivity contribution in [3.8, 4) is 16.9 Å².